The average molecular weight is 473 g/mol. The van der Waals surface area contributed by atoms with E-state index in [-0.39, 0.29) is 18.4 Å². The lowest BCUT2D eigenvalue weighted by Gasteiger charge is -2.24. The molecule has 0 radical (unpaired) electrons. The minimum absolute atomic E-state index is 0.0928. The van der Waals surface area contributed by atoms with E-state index in [1.807, 2.05) is 29.2 Å². The highest BCUT2D eigenvalue weighted by Gasteiger charge is 2.33. The molecule has 2 aromatic heterocycles. The summed E-state index contributed by atoms with van der Waals surface area (Å²) in [5.74, 6) is 1.51. The number of aryl methyl sites for hydroxylation is 1. The molecule has 2 heterocycles. The van der Waals surface area contributed by atoms with Gasteiger partial charge in [-0.1, -0.05) is 18.2 Å². The number of carbonyl (C=O) groups is 1. The Morgan fingerprint density at radius 2 is 1.91 bits per heavy atom. The molecule has 1 saturated carbocycles. The second-order valence-corrected chi connectivity index (χ2v) is 9.72. The molecule has 5 rings (SSSR count). The van der Waals surface area contributed by atoms with Crippen LogP contribution < -0.4 is 9.47 Å². The van der Waals surface area contributed by atoms with Crippen molar-refractivity contribution in [3.05, 3.63) is 76.7 Å². The number of fused-ring (bicyclic) bond motifs is 1. The first-order chi connectivity index (χ1) is 16.6. The van der Waals surface area contributed by atoms with Crippen molar-refractivity contribution in [2.75, 3.05) is 14.2 Å². The van der Waals surface area contributed by atoms with E-state index >= 15 is 0 Å². The largest absolute Gasteiger partial charge is 0.497 e. The molecule has 0 aliphatic heterocycles. The highest BCUT2D eigenvalue weighted by molar-refractivity contribution is 7.13. The number of amides is 1. The summed E-state index contributed by atoms with van der Waals surface area (Å²) in [4.78, 5) is 21.8. The molecular formula is C28H28N2O3S. The van der Waals surface area contributed by atoms with Gasteiger partial charge in [-0.3, -0.25) is 4.79 Å². The zero-order valence-electron chi connectivity index (χ0n) is 19.7. The van der Waals surface area contributed by atoms with Gasteiger partial charge in [0.1, 0.15) is 11.5 Å². The van der Waals surface area contributed by atoms with Gasteiger partial charge < -0.3 is 14.4 Å². The molecular weight excluding hydrogens is 444 g/mol. The van der Waals surface area contributed by atoms with Crippen LogP contribution in [0.5, 0.6) is 11.5 Å². The molecule has 0 N–H and O–H groups in total. The van der Waals surface area contributed by atoms with Crippen molar-refractivity contribution in [3.8, 4) is 22.1 Å². The molecule has 4 aromatic rings. The van der Waals surface area contributed by atoms with Gasteiger partial charge in [0.25, 0.3) is 0 Å². The second kappa shape index (κ2) is 9.47. The van der Waals surface area contributed by atoms with Gasteiger partial charge in [0.2, 0.25) is 5.91 Å². The summed E-state index contributed by atoms with van der Waals surface area (Å²) >= 11 is 1.68. The van der Waals surface area contributed by atoms with Gasteiger partial charge in [0.05, 0.1) is 36.7 Å². The first-order valence-electron chi connectivity index (χ1n) is 11.5. The van der Waals surface area contributed by atoms with E-state index in [2.05, 4.69) is 42.6 Å². The molecule has 1 aliphatic carbocycles. The Labute approximate surface area is 204 Å². The van der Waals surface area contributed by atoms with Crippen LogP contribution in [0, 0.1) is 6.92 Å². The van der Waals surface area contributed by atoms with Crippen molar-refractivity contribution in [2.24, 2.45) is 0 Å². The molecule has 1 amide bonds. The van der Waals surface area contributed by atoms with E-state index in [0.717, 1.165) is 51.2 Å². The third kappa shape index (κ3) is 4.64. The SMILES string of the molecule is COc1ccc(OC)c(CC(=O)N(Cc2cc3ccc(C)cc3nc2-c2cccs2)C2CC2)c1. The number of ether oxygens (including phenoxy) is 2. The number of nitrogens with zero attached hydrogens (tertiary/aromatic N) is 2. The zero-order valence-corrected chi connectivity index (χ0v) is 20.5. The van der Waals surface area contributed by atoms with E-state index in [1.165, 1.54) is 5.56 Å². The predicted octanol–water partition coefficient (Wildman–Crippen LogP) is 6.02. The monoisotopic (exact) mass is 472 g/mol. The molecule has 174 valence electrons. The fourth-order valence-corrected chi connectivity index (χ4v) is 5.09. The number of rotatable bonds is 8. The molecule has 0 bridgehead atoms. The standard InChI is InChI=1S/C28H28N2O3S/c1-18-6-7-19-14-21(28(29-24(19)13-18)26-5-4-12-34-26)17-30(22-8-9-22)27(31)16-20-15-23(32-2)10-11-25(20)33-3/h4-7,10-15,22H,8-9,16-17H2,1-3H3. The van der Waals surface area contributed by atoms with Crippen LogP contribution in [0.4, 0.5) is 0 Å². The van der Waals surface area contributed by atoms with Gasteiger partial charge in [-0.15, -0.1) is 11.3 Å². The maximum absolute atomic E-state index is 13.6. The highest BCUT2D eigenvalue weighted by atomic mass is 32.1. The Kier molecular flexibility index (Phi) is 6.24. The molecule has 6 heteroatoms. The van der Waals surface area contributed by atoms with Gasteiger partial charge in [0, 0.05) is 23.5 Å². The Morgan fingerprint density at radius 3 is 2.62 bits per heavy atom. The highest BCUT2D eigenvalue weighted by Crippen LogP contribution is 2.35. The summed E-state index contributed by atoms with van der Waals surface area (Å²) in [5, 5.41) is 3.17. The molecule has 2 aromatic carbocycles. The molecule has 0 spiro atoms. The maximum atomic E-state index is 13.6. The number of aromatic nitrogens is 1. The summed E-state index contributed by atoms with van der Waals surface area (Å²) in [6, 6.07) is 18.6. The Hall–Kier alpha value is -3.38. The average Bonchev–Trinajstić information content (AvgIpc) is 3.54. The summed E-state index contributed by atoms with van der Waals surface area (Å²) in [6.45, 7) is 2.63. The molecule has 0 saturated heterocycles. The number of benzene rings is 2. The molecule has 5 nitrogen and oxygen atoms in total. The Morgan fingerprint density at radius 1 is 1.06 bits per heavy atom. The van der Waals surface area contributed by atoms with Crippen LogP contribution >= 0.6 is 11.3 Å². The molecule has 0 atom stereocenters. The minimum atomic E-state index is 0.0928. The van der Waals surface area contributed by atoms with Crippen LogP contribution in [0.1, 0.15) is 29.5 Å². The van der Waals surface area contributed by atoms with Crippen LogP contribution in [0.3, 0.4) is 0 Å². The number of thiophene rings is 1. The van der Waals surface area contributed by atoms with Crippen molar-refractivity contribution in [3.63, 3.8) is 0 Å². The molecule has 1 aliphatic rings. The van der Waals surface area contributed by atoms with E-state index in [4.69, 9.17) is 14.5 Å². The van der Waals surface area contributed by atoms with E-state index in [1.54, 1.807) is 25.6 Å². The summed E-state index contributed by atoms with van der Waals surface area (Å²) < 4.78 is 10.9. The van der Waals surface area contributed by atoms with Gasteiger partial charge in [-0.2, -0.15) is 0 Å². The lowest BCUT2D eigenvalue weighted by Crippen LogP contribution is -2.34. The quantitative estimate of drug-likeness (QED) is 0.315. The number of methoxy groups -OCH3 is 2. The number of pyridine rings is 1. The number of hydrogen-bond donors (Lipinski definition) is 0. The van der Waals surface area contributed by atoms with Crippen molar-refractivity contribution in [2.45, 2.75) is 38.8 Å². The first-order valence-corrected chi connectivity index (χ1v) is 12.4. The fraction of sp³-hybridized carbons (Fsp3) is 0.286. The van der Waals surface area contributed by atoms with Crippen LogP contribution in [-0.2, 0) is 17.8 Å². The van der Waals surface area contributed by atoms with E-state index in [0.29, 0.717) is 12.3 Å². The third-order valence-corrected chi connectivity index (χ3v) is 7.16. The smallest absolute Gasteiger partial charge is 0.227 e. The topological polar surface area (TPSA) is 51.7 Å². The van der Waals surface area contributed by atoms with Crippen LogP contribution in [0.15, 0.2) is 60.0 Å². The second-order valence-electron chi connectivity index (χ2n) is 8.78. The lowest BCUT2D eigenvalue weighted by molar-refractivity contribution is -0.131. The van der Waals surface area contributed by atoms with Crippen molar-refractivity contribution in [1.82, 2.24) is 9.88 Å². The van der Waals surface area contributed by atoms with Gasteiger partial charge in [-0.05, 0) is 72.7 Å². The van der Waals surface area contributed by atoms with E-state index in [9.17, 15) is 4.79 Å². The molecule has 34 heavy (non-hydrogen) atoms. The minimum Gasteiger partial charge on any atom is -0.497 e. The van der Waals surface area contributed by atoms with Crippen LogP contribution in [0.25, 0.3) is 21.5 Å². The molecule has 0 unspecified atom stereocenters. The lowest BCUT2D eigenvalue weighted by atomic mass is 10.0. The van der Waals surface area contributed by atoms with Gasteiger partial charge in [0.15, 0.2) is 0 Å². The Balaban J connectivity index is 1.49. The summed E-state index contributed by atoms with van der Waals surface area (Å²) in [5.41, 5.74) is 5.05. The number of carbonyl (C=O) groups excluding carboxylic acids is 1. The maximum Gasteiger partial charge on any atom is 0.227 e. The van der Waals surface area contributed by atoms with E-state index < -0.39 is 0 Å². The van der Waals surface area contributed by atoms with Crippen LogP contribution in [0.2, 0.25) is 0 Å². The van der Waals surface area contributed by atoms with Gasteiger partial charge in [-0.25, -0.2) is 4.98 Å². The Bertz CT molecular complexity index is 1330. The number of hydrogen-bond acceptors (Lipinski definition) is 5. The van der Waals surface area contributed by atoms with Crippen LogP contribution in [-0.4, -0.2) is 36.1 Å². The van der Waals surface area contributed by atoms with Gasteiger partial charge >= 0.3 is 0 Å². The normalized spacial score (nSPS) is 13.1. The van der Waals surface area contributed by atoms with Crippen molar-refractivity contribution in [1.29, 1.82) is 0 Å². The third-order valence-electron chi connectivity index (χ3n) is 6.28. The van der Waals surface area contributed by atoms with Crippen molar-refractivity contribution >= 4 is 28.1 Å². The van der Waals surface area contributed by atoms with Crippen molar-refractivity contribution < 1.29 is 14.3 Å². The molecule has 1 fully saturated rings. The first kappa shape index (κ1) is 22.4. The summed E-state index contributed by atoms with van der Waals surface area (Å²) in [7, 11) is 3.26. The fourth-order valence-electron chi connectivity index (χ4n) is 4.34. The zero-order chi connectivity index (χ0) is 23.7. The predicted molar refractivity (Wildman–Crippen MR) is 137 cm³/mol. The summed E-state index contributed by atoms with van der Waals surface area (Å²) in [6.07, 6.45) is 2.34.